The lowest BCUT2D eigenvalue weighted by molar-refractivity contribution is 0.177. The Bertz CT molecular complexity index is 157. The third-order valence-electron chi connectivity index (χ3n) is 3.36. The van der Waals surface area contributed by atoms with Gasteiger partial charge in [-0.05, 0) is 38.3 Å². The molecule has 3 nitrogen and oxygen atoms in total. The van der Waals surface area contributed by atoms with Crippen molar-refractivity contribution < 1.29 is 5.11 Å². The number of nitrogens with one attached hydrogen (secondary N) is 1. The summed E-state index contributed by atoms with van der Waals surface area (Å²) in [6, 6.07) is 0.741. The van der Waals surface area contributed by atoms with E-state index >= 15 is 0 Å². The molecule has 13 heavy (non-hydrogen) atoms. The zero-order chi connectivity index (χ0) is 9.10. The first-order valence-electron chi connectivity index (χ1n) is 5.46. The quantitative estimate of drug-likeness (QED) is 0.636. The number of hydrogen-bond acceptors (Lipinski definition) is 3. The second kappa shape index (κ2) is 4.40. The van der Waals surface area contributed by atoms with Crippen molar-refractivity contribution >= 4 is 0 Å². The predicted octanol–water partition coefficient (Wildman–Crippen LogP) is 0.0526. The van der Waals surface area contributed by atoms with Crippen LogP contribution in [-0.2, 0) is 0 Å². The van der Waals surface area contributed by atoms with Crippen LogP contribution in [0, 0.1) is 5.92 Å². The molecule has 0 spiro atoms. The molecular formula is C10H20N2O. The summed E-state index contributed by atoms with van der Waals surface area (Å²) in [6.07, 6.45) is 3.84. The molecule has 2 N–H and O–H groups in total. The lowest BCUT2D eigenvalue weighted by Crippen LogP contribution is -2.45. The highest BCUT2D eigenvalue weighted by Gasteiger charge is 2.28. The maximum Gasteiger partial charge on any atom is 0.0471 e. The highest BCUT2D eigenvalue weighted by molar-refractivity contribution is 4.84. The van der Waals surface area contributed by atoms with Crippen molar-refractivity contribution in [3.05, 3.63) is 0 Å². The molecule has 0 aromatic rings. The topological polar surface area (TPSA) is 35.5 Å². The molecule has 2 aliphatic rings. The molecular weight excluding hydrogens is 164 g/mol. The van der Waals surface area contributed by atoms with Gasteiger partial charge in [0.05, 0.1) is 0 Å². The number of aliphatic hydroxyl groups is 1. The van der Waals surface area contributed by atoms with Gasteiger partial charge in [0.1, 0.15) is 0 Å². The summed E-state index contributed by atoms with van der Waals surface area (Å²) in [4.78, 5) is 2.55. The van der Waals surface area contributed by atoms with Crippen LogP contribution < -0.4 is 5.32 Å². The summed E-state index contributed by atoms with van der Waals surface area (Å²) < 4.78 is 0. The van der Waals surface area contributed by atoms with E-state index in [1.165, 1.54) is 32.4 Å². The number of likely N-dealkylation sites (tertiary alicyclic amines) is 1. The highest BCUT2D eigenvalue weighted by Crippen LogP contribution is 2.20. The van der Waals surface area contributed by atoms with Crippen LogP contribution in [0.15, 0.2) is 0 Å². The average molecular weight is 184 g/mol. The number of hydrogen-bond donors (Lipinski definition) is 2. The van der Waals surface area contributed by atoms with Gasteiger partial charge in [-0.3, -0.25) is 4.90 Å². The molecule has 2 saturated heterocycles. The Morgan fingerprint density at radius 2 is 2.31 bits per heavy atom. The minimum absolute atomic E-state index is 0.372. The maximum absolute atomic E-state index is 9.04. The Morgan fingerprint density at radius 1 is 1.38 bits per heavy atom. The summed E-state index contributed by atoms with van der Waals surface area (Å²) in [5.74, 6) is 0.543. The van der Waals surface area contributed by atoms with Crippen LogP contribution in [0.1, 0.15) is 19.3 Å². The molecule has 2 fully saturated rings. The SMILES string of the molecule is OCC1CCN(C2CCCNC2)C1. The monoisotopic (exact) mass is 184 g/mol. The van der Waals surface area contributed by atoms with Crippen molar-refractivity contribution in [3.8, 4) is 0 Å². The fourth-order valence-electron chi connectivity index (χ4n) is 2.49. The van der Waals surface area contributed by atoms with E-state index in [0.29, 0.717) is 12.5 Å². The van der Waals surface area contributed by atoms with Gasteiger partial charge in [-0.15, -0.1) is 0 Å². The molecule has 0 saturated carbocycles. The molecule has 0 aromatic carbocycles. The molecule has 2 atom stereocenters. The van der Waals surface area contributed by atoms with Gasteiger partial charge >= 0.3 is 0 Å². The van der Waals surface area contributed by atoms with Crippen LogP contribution >= 0.6 is 0 Å². The first-order valence-corrected chi connectivity index (χ1v) is 5.46. The zero-order valence-electron chi connectivity index (χ0n) is 8.21. The van der Waals surface area contributed by atoms with E-state index in [2.05, 4.69) is 10.2 Å². The standard InChI is InChI=1S/C10H20N2O/c13-8-9-3-5-12(7-9)10-2-1-4-11-6-10/h9-11,13H,1-8H2. The molecule has 3 heteroatoms. The average Bonchev–Trinajstić information content (AvgIpc) is 2.67. The highest BCUT2D eigenvalue weighted by atomic mass is 16.3. The zero-order valence-corrected chi connectivity index (χ0v) is 8.21. The third kappa shape index (κ3) is 2.22. The Hall–Kier alpha value is -0.120. The predicted molar refractivity (Wildman–Crippen MR) is 52.7 cm³/mol. The van der Waals surface area contributed by atoms with Crippen molar-refractivity contribution in [1.82, 2.24) is 10.2 Å². The Kier molecular flexibility index (Phi) is 3.19. The lowest BCUT2D eigenvalue weighted by Gasteiger charge is -2.31. The normalized spacial score (nSPS) is 36.7. The molecule has 76 valence electrons. The van der Waals surface area contributed by atoms with Crippen molar-refractivity contribution in [2.45, 2.75) is 25.3 Å². The summed E-state index contributed by atoms with van der Waals surface area (Å²) >= 11 is 0. The molecule has 0 radical (unpaired) electrons. The molecule has 2 heterocycles. The second-order valence-electron chi connectivity index (χ2n) is 4.33. The minimum Gasteiger partial charge on any atom is -0.396 e. The molecule has 2 unspecified atom stereocenters. The van der Waals surface area contributed by atoms with Gasteiger partial charge in [-0.1, -0.05) is 0 Å². The second-order valence-corrected chi connectivity index (χ2v) is 4.33. The van der Waals surface area contributed by atoms with Crippen molar-refractivity contribution in [1.29, 1.82) is 0 Å². The summed E-state index contributed by atoms with van der Waals surface area (Å²) in [6.45, 7) is 5.02. The van der Waals surface area contributed by atoms with Crippen LogP contribution in [0.2, 0.25) is 0 Å². The van der Waals surface area contributed by atoms with E-state index in [1.54, 1.807) is 0 Å². The van der Waals surface area contributed by atoms with E-state index in [4.69, 9.17) is 5.11 Å². The fraction of sp³-hybridized carbons (Fsp3) is 1.00. The summed E-state index contributed by atoms with van der Waals surface area (Å²) in [5, 5.41) is 12.5. The van der Waals surface area contributed by atoms with Crippen LogP contribution in [0.25, 0.3) is 0 Å². The minimum atomic E-state index is 0.372. The van der Waals surface area contributed by atoms with E-state index < -0.39 is 0 Å². The molecule has 2 aliphatic heterocycles. The van der Waals surface area contributed by atoms with Gasteiger partial charge in [-0.2, -0.15) is 0 Å². The van der Waals surface area contributed by atoms with Gasteiger partial charge in [0, 0.05) is 25.7 Å². The van der Waals surface area contributed by atoms with Crippen LogP contribution in [-0.4, -0.2) is 48.8 Å². The lowest BCUT2D eigenvalue weighted by atomic mass is 10.1. The fourth-order valence-corrected chi connectivity index (χ4v) is 2.49. The van der Waals surface area contributed by atoms with E-state index in [-0.39, 0.29) is 0 Å². The van der Waals surface area contributed by atoms with Crippen molar-refractivity contribution in [3.63, 3.8) is 0 Å². The molecule has 0 aromatic heterocycles. The number of piperidine rings is 1. The first kappa shape index (κ1) is 9.44. The Morgan fingerprint density at radius 3 is 2.92 bits per heavy atom. The van der Waals surface area contributed by atoms with Crippen LogP contribution in [0.4, 0.5) is 0 Å². The summed E-state index contributed by atoms with van der Waals surface area (Å²) in [5.41, 5.74) is 0. The van der Waals surface area contributed by atoms with Gasteiger partial charge in [0.25, 0.3) is 0 Å². The van der Waals surface area contributed by atoms with Crippen molar-refractivity contribution in [2.75, 3.05) is 32.8 Å². The third-order valence-corrected chi connectivity index (χ3v) is 3.36. The summed E-state index contributed by atoms with van der Waals surface area (Å²) in [7, 11) is 0. The van der Waals surface area contributed by atoms with Gasteiger partial charge in [0.15, 0.2) is 0 Å². The van der Waals surface area contributed by atoms with E-state index in [0.717, 1.165) is 19.1 Å². The van der Waals surface area contributed by atoms with Gasteiger partial charge < -0.3 is 10.4 Å². The van der Waals surface area contributed by atoms with Crippen LogP contribution in [0.3, 0.4) is 0 Å². The maximum atomic E-state index is 9.04. The van der Waals surface area contributed by atoms with Gasteiger partial charge in [-0.25, -0.2) is 0 Å². The molecule has 0 aliphatic carbocycles. The van der Waals surface area contributed by atoms with Crippen LogP contribution in [0.5, 0.6) is 0 Å². The number of nitrogens with zero attached hydrogens (tertiary/aromatic N) is 1. The smallest absolute Gasteiger partial charge is 0.0471 e. The number of rotatable bonds is 2. The van der Waals surface area contributed by atoms with E-state index in [9.17, 15) is 0 Å². The van der Waals surface area contributed by atoms with E-state index in [1.807, 2.05) is 0 Å². The largest absolute Gasteiger partial charge is 0.396 e. The first-order chi connectivity index (χ1) is 6.40. The number of aliphatic hydroxyl groups excluding tert-OH is 1. The molecule has 0 amide bonds. The van der Waals surface area contributed by atoms with Gasteiger partial charge in [0.2, 0.25) is 0 Å². The molecule has 2 rings (SSSR count). The molecule has 0 bridgehead atoms. The Balaban J connectivity index is 1.80. The van der Waals surface area contributed by atoms with Crippen molar-refractivity contribution in [2.24, 2.45) is 5.92 Å². The Labute approximate surface area is 80.1 Å².